The lowest BCUT2D eigenvalue weighted by molar-refractivity contribution is -0.0388. The van der Waals surface area contributed by atoms with Gasteiger partial charge in [-0.15, -0.1) is 10.2 Å². The molecule has 0 radical (unpaired) electrons. The highest BCUT2D eigenvalue weighted by Crippen LogP contribution is 2.23. The maximum atomic E-state index is 6.18. The van der Waals surface area contributed by atoms with Crippen LogP contribution in [0, 0.1) is 0 Å². The van der Waals surface area contributed by atoms with Gasteiger partial charge >= 0.3 is 0 Å². The Balaban J connectivity index is 1.70. The molecule has 2 aromatic rings. The third kappa shape index (κ3) is 3.23. The highest BCUT2D eigenvalue weighted by molar-refractivity contribution is 6.31. The number of halogens is 1. The Morgan fingerprint density at radius 3 is 3.19 bits per heavy atom. The first-order chi connectivity index (χ1) is 10.3. The zero-order valence-corrected chi connectivity index (χ0v) is 12.7. The van der Waals surface area contributed by atoms with Gasteiger partial charge in [0.15, 0.2) is 5.82 Å². The van der Waals surface area contributed by atoms with Gasteiger partial charge in [0.2, 0.25) is 0 Å². The number of nitrogens with zero attached hydrogens (tertiary/aromatic N) is 5. The van der Waals surface area contributed by atoms with Crippen molar-refractivity contribution in [3.8, 4) is 0 Å². The molecule has 0 bridgehead atoms. The van der Waals surface area contributed by atoms with Crippen molar-refractivity contribution >= 4 is 11.6 Å². The van der Waals surface area contributed by atoms with Crippen LogP contribution >= 0.6 is 11.6 Å². The summed E-state index contributed by atoms with van der Waals surface area (Å²) < 4.78 is 7.87. The number of pyridine rings is 1. The van der Waals surface area contributed by atoms with E-state index in [0.717, 1.165) is 37.6 Å². The standard InChI is InChI=1S/C14H18ClN5O/c1-2-20-10-17-18-14(20)13-9-19(5-6-21-13)8-11-3-4-16-7-12(11)15/h3-4,7,10,13H,2,5-6,8-9H2,1H3. The van der Waals surface area contributed by atoms with Crippen molar-refractivity contribution < 1.29 is 4.74 Å². The molecule has 7 heteroatoms. The number of ether oxygens (including phenoxy) is 1. The molecule has 21 heavy (non-hydrogen) atoms. The van der Waals surface area contributed by atoms with Gasteiger partial charge in [0.05, 0.1) is 11.6 Å². The minimum atomic E-state index is -0.0400. The highest BCUT2D eigenvalue weighted by atomic mass is 35.5. The fraction of sp³-hybridized carbons (Fsp3) is 0.500. The molecule has 0 aliphatic carbocycles. The van der Waals surface area contributed by atoms with E-state index >= 15 is 0 Å². The summed E-state index contributed by atoms with van der Waals surface area (Å²) in [5.41, 5.74) is 1.09. The summed E-state index contributed by atoms with van der Waals surface area (Å²) in [6.07, 6.45) is 5.16. The second-order valence-corrected chi connectivity index (χ2v) is 5.44. The van der Waals surface area contributed by atoms with E-state index in [1.165, 1.54) is 0 Å². The summed E-state index contributed by atoms with van der Waals surface area (Å²) in [5, 5.41) is 8.88. The van der Waals surface area contributed by atoms with Crippen molar-refractivity contribution in [1.29, 1.82) is 0 Å². The molecule has 1 aliphatic heterocycles. The Bertz CT molecular complexity index is 603. The molecule has 3 rings (SSSR count). The van der Waals surface area contributed by atoms with Gasteiger partial charge in [-0.05, 0) is 18.6 Å². The molecule has 1 atom stereocenters. The summed E-state index contributed by atoms with van der Waals surface area (Å²) in [5.74, 6) is 0.892. The first-order valence-corrected chi connectivity index (χ1v) is 7.45. The quantitative estimate of drug-likeness (QED) is 0.864. The molecule has 2 aromatic heterocycles. The molecule has 6 nitrogen and oxygen atoms in total. The zero-order chi connectivity index (χ0) is 14.7. The highest BCUT2D eigenvalue weighted by Gasteiger charge is 2.26. The molecule has 0 saturated carbocycles. The zero-order valence-electron chi connectivity index (χ0n) is 11.9. The number of aryl methyl sites for hydroxylation is 1. The molecule has 1 fully saturated rings. The van der Waals surface area contributed by atoms with E-state index in [-0.39, 0.29) is 6.10 Å². The van der Waals surface area contributed by atoms with Gasteiger partial charge in [0, 0.05) is 38.6 Å². The monoisotopic (exact) mass is 307 g/mol. The Morgan fingerprint density at radius 2 is 2.38 bits per heavy atom. The van der Waals surface area contributed by atoms with Crippen molar-refractivity contribution in [3.63, 3.8) is 0 Å². The molecule has 0 amide bonds. The van der Waals surface area contributed by atoms with Crippen LogP contribution in [-0.4, -0.2) is 44.3 Å². The van der Waals surface area contributed by atoms with E-state index in [0.29, 0.717) is 11.6 Å². The minimum Gasteiger partial charge on any atom is -0.368 e. The Kier molecular flexibility index (Phi) is 4.48. The second-order valence-electron chi connectivity index (χ2n) is 5.04. The van der Waals surface area contributed by atoms with Gasteiger partial charge in [-0.3, -0.25) is 9.88 Å². The van der Waals surface area contributed by atoms with Crippen LogP contribution in [0.25, 0.3) is 0 Å². The van der Waals surface area contributed by atoms with Crippen molar-refractivity contribution in [2.45, 2.75) is 26.1 Å². The Labute approximate surface area is 128 Å². The summed E-state index contributed by atoms with van der Waals surface area (Å²) >= 11 is 6.18. The molecule has 112 valence electrons. The van der Waals surface area contributed by atoms with Gasteiger partial charge in [0.1, 0.15) is 12.4 Å². The van der Waals surface area contributed by atoms with Crippen molar-refractivity contribution in [3.05, 3.63) is 41.2 Å². The van der Waals surface area contributed by atoms with Crippen LogP contribution in [0.2, 0.25) is 5.02 Å². The van der Waals surface area contributed by atoms with E-state index in [9.17, 15) is 0 Å². The van der Waals surface area contributed by atoms with E-state index in [4.69, 9.17) is 16.3 Å². The lowest BCUT2D eigenvalue weighted by Gasteiger charge is -2.32. The van der Waals surface area contributed by atoms with Crippen molar-refractivity contribution in [1.82, 2.24) is 24.6 Å². The lowest BCUT2D eigenvalue weighted by atomic mass is 10.2. The van der Waals surface area contributed by atoms with Gasteiger partial charge in [-0.2, -0.15) is 0 Å². The molecule has 3 heterocycles. The smallest absolute Gasteiger partial charge is 0.163 e. The third-order valence-electron chi connectivity index (χ3n) is 3.68. The first kappa shape index (κ1) is 14.4. The summed E-state index contributed by atoms with van der Waals surface area (Å²) in [4.78, 5) is 6.34. The summed E-state index contributed by atoms with van der Waals surface area (Å²) in [6, 6.07) is 1.96. The maximum Gasteiger partial charge on any atom is 0.163 e. The van der Waals surface area contributed by atoms with Gasteiger partial charge in [-0.1, -0.05) is 11.6 Å². The minimum absolute atomic E-state index is 0.0400. The van der Waals surface area contributed by atoms with Crippen molar-refractivity contribution in [2.75, 3.05) is 19.7 Å². The molecule has 1 aliphatic rings. The van der Waals surface area contributed by atoms with Gasteiger partial charge in [0.25, 0.3) is 0 Å². The predicted octanol–water partition coefficient (Wildman–Crippen LogP) is 1.92. The van der Waals surface area contributed by atoms with Gasteiger partial charge < -0.3 is 9.30 Å². The van der Waals surface area contributed by atoms with Crippen LogP contribution in [0.15, 0.2) is 24.8 Å². The van der Waals surface area contributed by atoms with Crippen LogP contribution in [0.3, 0.4) is 0 Å². The lowest BCUT2D eigenvalue weighted by Crippen LogP contribution is -2.38. The number of hydrogen-bond acceptors (Lipinski definition) is 5. The summed E-state index contributed by atoms with van der Waals surface area (Å²) in [6.45, 7) is 6.07. The maximum absolute atomic E-state index is 6.18. The number of morpholine rings is 1. The average molecular weight is 308 g/mol. The van der Waals surface area contributed by atoms with E-state index < -0.39 is 0 Å². The molecular formula is C14H18ClN5O. The van der Waals surface area contributed by atoms with E-state index in [1.54, 1.807) is 18.7 Å². The largest absolute Gasteiger partial charge is 0.368 e. The molecular weight excluding hydrogens is 290 g/mol. The van der Waals surface area contributed by atoms with Crippen LogP contribution in [0.5, 0.6) is 0 Å². The molecule has 0 spiro atoms. The van der Waals surface area contributed by atoms with Gasteiger partial charge in [-0.25, -0.2) is 0 Å². The van der Waals surface area contributed by atoms with Crippen molar-refractivity contribution in [2.24, 2.45) is 0 Å². The molecule has 0 aromatic carbocycles. The number of hydrogen-bond donors (Lipinski definition) is 0. The Hall–Kier alpha value is -1.50. The second kappa shape index (κ2) is 6.51. The number of rotatable bonds is 4. The van der Waals surface area contributed by atoms with Crippen LogP contribution in [0.1, 0.15) is 24.4 Å². The SMILES string of the molecule is CCn1cnnc1C1CN(Cc2ccncc2Cl)CCO1. The third-order valence-corrected chi connectivity index (χ3v) is 4.02. The van der Waals surface area contributed by atoms with Crippen LogP contribution in [-0.2, 0) is 17.8 Å². The summed E-state index contributed by atoms with van der Waals surface area (Å²) in [7, 11) is 0. The van der Waals surface area contributed by atoms with Crippen LogP contribution in [0.4, 0.5) is 0 Å². The van der Waals surface area contributed by atoms with E-state index in [2.05, 4.69) is 27.0 Å². The average Bonchev–Trinajstić information content (AvgIpc) is 2.98. The Morgan fingerprint density at radius 1 is 1.48 bits per heavy atom. The molecule has 1 unspecified atom stereocenters. The normalized spacial score (nSPS) is 19.8. The molecule has 1 saturated heterocycles. The van der Waals surface area contributed by atoms with E-state index in [1.807, 2.05) is 10.6 Å². The topological polar surface area (TPSA) is 56.1 Å². The predicted molar refractivity (Wildman–Crippen MR) is 78.9 cm³/mol. The number of aromatic nitrogens is 4. The van der Waals surface area contributed by atoms with Crippen LogP contribution < -0.4 is 0 Å². The fourth-order valence-corrected chi connectivity index (χ4v) is 2.71. The fourth-order valence-electron chi connectivity index (χ4n) is 2.53. The molecule has 0 N–H and O–H groups in total. The first-order valence-electron chi connectivity index (χ1n) is 7.08.